The Morgan fingerprint density at radius 3 is 2.73 bits per heavy atom. The number of hydrogen-bond donors (Lipinski definition) is 2. The molecule has 0 saturated carbocycles. The number of nitrogens with one attached hydrogen (secondary N) is 1. The molecule has 1 aliphatic rings. The molecule has 3 aromatic rings. The Balaban J connectivity index is 1.83. The van der Waals surface area contributed by atoms with Gasteiger partial charge in [-0.3, -0.25) is 4.79 Å². The van der Waals surface area contributed by atoms with E-state index in [0.717, 1.165) is 0 Å². The van der Waals surface area contributed by atoms with Gasteiger partial charge in [-0.05, 0) is 36.4 Å². The van der Waals surface area contributed by atoms with Crippen LogP contribution in [0.1, 0.15) is 27.8 Å². The Kier molecular flexibility index (Phi) is 4.26. The van der Waals surface area contributed by atoms with E-state index in [-0.39, 0.29) is 23.2 Å². The van der Waals surface area contributed by atoms with Crippen molar-refractivity contribution in [3.05, 3.63) is 81.7 Å². The van der Waals surface area contributed by atoms with E-state index in [0.29, 0.717) is 27.6 Å². The van der Waals surface area contributed by atoms with Crippen LogP contribution in [0.25, 0.3) is 0 Å². The Morgan fingerprint density at radius 1 is 1.15 bits per heavy atom. The number of carbonyl (C=O) groups excluding carboxylic acids is 1. The first-order valence-electron chi connectivity index (χ1n) is 7.91. The van der Waals surface area contributed by atoms with Crippen LogP contribution in [0.4, 0.5) is 5.69 Å². The molecule has 0 aliphatic carbocycles. The van der Waals surface area contributed by atoms with Crippen LogP contribution in [-0.4, -0.2) is 15.9 Å². The minimum Gasteiger partial charge on any atom is -0.506 e. The summed E-state index contributed by atoms with van der Waals surface area (Å²) in [7, 11) is 0. The van der Waals surface area contributed by atoms with Gasteiger partial charge in [0.15, 0.2) is 0 Å². The summed E-state index contributed by atoms with van der Waals surface area (Å²) in [4.78, 5) is 14.7. The summed E-state index contributed by atoms with van der Waals surface area (Å²) in [6, 6.07) is 13.8. The molecular formula is C19H14Cl2N2O3. The fraction of sp³-hybridized carbons (Fsp3) is 0.105. The first-order chi connectivity index (χ1) is 12.5. The molecule has 2 N–H and O–H groups in total. The number of hydrogen-bond acceptors (Lipinski definition) is 4. The van der Waals surface area contributed by atoms with E-state index in [1.807, 2.05) is 12.1 Å². The fourth-order valence-electron chi connectivity index (χ4n) is 3.07. The molecule has 1 amide bonds. The number of furan rings is 1. The lowest BCUT2D eigenvalue weighted by atomic mass is 10.0. The normalized spacial score (nSPS) is 16.3. The third-order valence-electron chi connectivity index (χ3n) is 4.28. The monoisotopic (exact) mass is 388 g/mol. The Labute approximate surface area is 159 Å². The average molecular weight is 389 g/mol. The van der Waals surface area contributed by atoms with Gasteiger partial charge < -0.3 is 19.7 Å². The minimum absolute atomic E-state index is 0.120. The summed E-state index contributed by atoms with van der Waals surface area (Å²) in [5.74, 6) is 0.318. The number of anilines is 1. The summed E-state index contributed by atoms with van der Waals surface area (Å²) in [5.41, 5.74) is 1.63. The topological polar surface area (TPSA) is 65.7 Å². The van der Waals surface area contributed by atoms with Crippen molar-refractivity contribution in [3.63, 3.8) is 0 Å². The molecule has 132 valence electrons. The zero-order valence-corrected chi connectivity index (χ0v) is 15.0. The van der Waals surface area contributed by atoms with Crippen molar-refractivity contribution in [3.8, 4) is 5.75 Å². The van der Waals surface area contributed by atoms with Crippen LogP contribution in [0.3, 0.4) is 0 Å². The van der Waals surface area contributed by atoms with E-state index in [2.05, 4.69) is 5.32 Å². The molecule has 4 rings (SSSR count). The molecule has 5 nitrogen and oxygen atoms in total. The van der Waals surface area contributed by atoms with Crippen molar-refractivity contribution >= 4 is 34.8 Å². The van der Waals surface area contributed by atoms with Crippen molar-refractivity contribution in [2.75, 3.05) is 5.32 Å². The highest BCUT2D eigenvalue weighted by atomic mass is 35.5. The van der Waals surface area contributed by atoms with Gasteiger partial charge in [0.05, 0.1) is 23.4 Å². The Morgan fingerprint density at radius 2 is 1.96 bits per heavy atom. The fourth-order valence-corrected chi connectivity index (χ4v) is 3.58. The van der Waals surface area contributed by atoms with Gasteiger partial charge in [0.1, 0.15) is 17.7 Å². The first kappa shape index (κ1) is 16.8. The number of fused-ring (bicyclic) bond motifs is 1. The van der Waals surface area contributed by atoms with E-state index >= 15 is 0 Å². The second-order valence-corrected chi connectivity index (χ2v) is 6.77. The number of amides is 1. The lowest BCUT2D eigenvalue weighted by Gasteiger charge is -2.38. The average Bonchev–Trinajstić information content (AvgIpc) is 3.14. The highest BCUT2D eigenvalue weighted by Gasteiger charge is 2.35. The molecule has 0 bridgehead atoms. The van der Waals surface area contributed by atoms with Crippen molar-refractivity contribution in [1.82, 2.24) is 4.90 Å². The van der Waals surface area contributed by atoms with E-state index in [1.54, 1.807) is 41.5 Å². The second-order valence-electron chi connectivity index (χ2n) is 5.93. The molecule has 7 heteroatoms. The Bertz CT molecular complexity index is 973. The zero-order valence-electron chi connectivity index (χ0n) is 13.4. The molecular weight excluding hydrogens is 375 g/mol. The van der Waals surface area contributed by atoms with Crippen LogP contribution in [0.15, 0.2) is 59.2 Å². The third-order valence-corrected chi connectivity index (χ3v) is 4.79. The maximum atomic E-state index is 13.1. The maximum Gasteiger partial charge on any atom is 0.258 e. The van der Waals surface area contributed by atoms with Gasteiger partial charge in [-0.15, -0.1) is 0 Å². The number of halogens is 2. The lowest BCUT2D eigenvalue weighted by Crippen LogP contribution is -2.42. The number of aromatic hydroxyl groups is 1. The number of benzene rings is 2. The summed E-state index contributed by atoms with van der Waals surface area (Å²) >= 11 is 12.2. The van der Waals surface area contributed by atoms with Crippen molar-refractivity contribution in [2.24, 2.45) is 0 Å². The number of phenols is 1. The van der Waals surface area contributed by atoms with Gasteiger partial charge >= 0.3 is 0 Å². The highest BCUT2D eigenvalue weighted by Crippen LogP contribution is 2.41. The van der Waals surface area contributed by atoms with E-state index in [1.165, 1.54) is 6.07 Å². The molecule has 2 heterocycles. The van der Waals surface area contributed by atoms with Gasteiger partial charge in [0.25, 0.3) is 5.91 Å². The zero-order chi connectivity index (χ0) is 18.3. The van der Waals surface area contributed by atoms with Crippen LogP contribution in [-0.2, 0) is 6.54 Å². The molecule has 1 atom stereocenters. The van der Waals surface area contributed by atoms with E-state index in [9.17, 15) is 9.90 Å². The summed E-state index contributed by atoms with van der Waals surface area (Å²) in [5, 5.41) is 14.2. The molecule has 0 unspecified atom stereocenters. The number of carbonyl (C=O) groups is 1. The van der Waals surface area contributed by atoms with Crippen LogP contribution < -0.4 is 5.32 Å². The predicted molar refractivity (Wildman–Crippen MR) is 99.5 cm³/mol. The SMILES string of the molecule is O=C1c2ccccc2N[C@H](c2cc(Cl)cc(Cl)c2O)N1Cc1ccco1. The molecule has 0 spiro atoms. The quantitative estimate of drug-likeness (QED) is 0.657. The molecule has 26 heavy (non-hydrogen) atoms. The van der Waals surface area contributed by atoms with Crippen LogP contribution >= 0.6 is 23.2 Å². The number of para-hydroxylation sites is 1. The van der Waals surface area contributed by atoms with Crippen LogP contribution in [0.5, 0.6) is 5.75 Å². The highest BCUT2D eigenvalue weighted by molar-refractivity contribution is 6.35. The second kappa shape index (κ2) is 6.59. The Hall–Kier alpha value is -2.63. The van der Waals surface area contributed by atoms with Crippen LogP contribution in [0.2, 0.25) is 10.0 Å². The number of rotatable bonds is 3. The van der Waals surface area contributed by atoms with E-state index in [4.69, 9.17) is 27.6 Å². The van der Waals surface area contributed by atoms with Crippen molar-refractivity contribution < 1.29 is 14.3 Å². The molecule has 0 saturated heterocycles. The largest absolute Gasteiger partial charge is 0.506 e. The van der Waals surface area contributed by atoms with Gasteiger partial charge in [-0.2, -0.15) is 0 Å². The predicted octanol–water partition coefficient (Wildman–Crippen LogP) is 5.06. The third kappa shape index (κ3) is 2.89. The van der Waals surface area contributed by atoms with Crippen molar-refractivity contribution in [1.29, 1.82) is 0 Å². The van der Waals surface area contributed by atoms with Gasteiger partial charge in [-0.1, -0.05) is 35.3 Å². The van der Waals surface area contributed by atoms with Gasteiger partial charge in [0, 0.05) is 16.3 Å². The summed E-state index contributed by atoms with van der Waals surface area (Å²) in [6.07, 6.45) is 0.895. The number of nitrogens with zero attached hydrogens (tertiary/aromatic N) is 1. The molecule has 0 fully saturated rings. The number of phenolic OH excluding ortho intramolecular Hbond substituents is 1. The van der Waals surface area contributed by atoms with Gasteiger partial charge in [0.2, 0.25) is 0 Å². The first-order valence-corrected chi connectivity index (χ1v) is 8.67. The smallest absolute Gasteiger partial charge is 0.258 e. The van der Waals surface area contributed by atoms with Gasteiger partial charge in [-0.25, -0.2) is 0 Å². The minimum atomic E-state index is -0.654. The van der Waals surface area contributed by atoms with E-state index < -0.39 is 6.17 Å². The summed E-state index contributed by atoms with van der Waals surface area (Å²) < 4.78 is 5.40. The molecule has 1 aromatic heterocycles. The summed E-state index contributed by atoms with van der Waals surface area (Å²) in [6.45, 7) is 0.224. The van der Waals surface area contributed by atoms with Crippen LogP contribution in [0, 0.1) is 0 Å². The lowest BCUT2D eigenvalue weighted by molar-refractivity contribution is 0.0649. The maximum absolute atomic E-state index is 13.1. The molecule has 2 aromatic carbocycles. The molecule has 1 aliphatic heterocycles. The van der Waals surface area contributed by atoms with Crippen molar-refractivity contribution in [2.45, 2.75) is 12.7 Å². The standard InChI is InChI=1S/C19H14Cl2N2O3/c20-11-8-14(17(24)15(21)9-11)18-22-16-6-2-1-5-13(16)19(25)23(18)10-12-4-3-7-26-12/h1-9,18,22,24H,10H2/t18-/m0/s1. The molecule has 0 radical (unpaired) electrons.